The van der Waals surface area contributed by atoms with Crippen molar-refractivity contribution in [1.82, 2.24) is 14.5 Å². The second-order valence-electron chi connectivity index (χ2n) is 10.8. The Morgan fingerprint density at radius 2 is 1.84 bits per heavy atom. The van der Waals surface area contributed by atoms with E-state index >= 15 is 0 Å². The molecule has 1 aromatic heterocycles. The van der Waals surface area contributed by atoms with Crippen molar-refractivity contribution in [3.8, 4) is 5.75 Å². The normalized spacial score (nSPS) is 18.7. The molecule has 0 amide bonds. The van der Waals surface area contributed by atoms with E-state index in [4.69, 9.17) is 37.4 Å². The topological polar surface area (TPSA) is 48.8 Å². The second kappa shape index (κ2) is 13.3. The number of rotatable bonds is 11. The lowest BCUT2D eigenvalue weighted by atomic mass is 10.0. The summed E-state index contributed by atoms with van der Waals surface area (Å²) < 4.78 is 21.2. The fourth-order valence-electron chi connectivity index (χ4n) is 5.44. The van der Waals surface area contributed by atoms with E-state index < -0.39 is 5.79 Å². The Hall–Kier alpha value is -3.65. The lowest BCUT2D eigenvalue weighted by Gasteiger charge is -2.30. The number of halogens is 2. The van der Waals surface area contributed by atoms with E-state index in [9.17, 15) is 0 Å². The van der Waals surface area contributed by atoms with Gasteiger partial charge in [0.25, 0.3) is 0 Å². The molecule has 0 bridgehead atoms. The molecule has 0 radical (unpaired) electrons. The molecule has 2 heterocycles. The average Bonchev–Trinajstić information content (AvgIpc) is 3.68. The van der Waals surface area contributed by atoms with Gasteiger partial charge in [-0.3, -0.25) is 4.90 Å². The van der Waals surface area contributed by atoms with Gasteiger partial charge in [0.1, 0.15) is 18.5 Å². The molecule has 4 aromatic carbocycles. The summed E-state index contributed by atoms with van der Waals surface area (Å²) in [5.74, 6) is -0.284. The van der Waals surface area contributed by atoms with E-state index in [-0.39, 0.29) is 6.10 Å². The van der Waals surface area contributed by atoms with Gasteiger partial charge in [0.2, 0.25) is 5.79 Å². The molecule has 43 heavy (non-hydrogen) atoms. The molecule has 1 aliphatic rings. The molecule has 0 unspecified atom stereocenters. The largest absolute Gasteiger partial charge is 0.490 e. The summed E-state index contributed by atoms with van der Waals surface area (Å²) in [4.78, 5) is 6.47. The van der Waals surface area contributed by atoms with Crippen molar-refractivity contribution in [1.29, 1.82) is 0 Å². The Bertz CT molecular complexity index is 1690. The molecule has 2 atom stereocenters. The van der Waals surface area contributed by atoms with Gasteiger partial charge in [-0.05, 0) is 41.8 Å². The molecular weight excluding hydrogens is 581 g/mol. The highest BCUT2D eigenvalue weighted by Gasteiger charge is 2.45. The quantitative estimate of drug-likeness (QED) is 0.152. The molecule has 6 rings (SSSR count). The number of nitrogens with zero attached hydrogens (tertiary/aromatic N) is 3. The molecule has 6 nitrogen and oxygen atoms in total. The van der Waals surface area contributed by atoms with Crippen LogP contribution in [0.5, 0.6) is 5.75 Å². The first kappa shape index (κ1) is 29.4. The Kier molecular flexibility index (Phi) is 9.12. The van der Waals surface area contributed by atoms with Crippen LogP contribution in [0.4, 0.5) is 0 Å². The van der Waals surface area contributed by atoms with Crippen LogP contribution in [0.3, 0.4) is 0 Å². The minimum Gasteiger partial charge on any atom is -0.490 e. The van der Waals surface area contributed by atoms with Crippen LogP contribution in [0.2, 0.25) is 10.0 Å². The smallest absolute Gasteiger partial charge is 0.215 e. The van der Waals surface area contributed by atoms with E-state index in [1.54, 1.807) is 24.7 Å². The maximum Gasteiger partial charge on any atom is 0.215 e. The van der Waals surface area contributed by atoms with Crippen molar-refractivity contribution in [3.63, 3.8) is 0 Å². The summed E-state index contributed by atoms with van der Waals surface area (Å²) in [6.07, 6.45) is 9.37. The van der Waals surface area contributed by atoms with Gasteiger partial charge in [0.15, 0.2) is 0 Å². The molecule has 0 saturated carbocycles. The number of benzene rings is 4. The Labute approximate surface area is 262 Å². The van der Waals surface area contributed by atoms with Crippen LogP contribution in [0, 0.1) is 0 Å². The van der Waals surface area contributed by atoms with Gasteiger partial charge in [-0.15, -0.1) is 0 Å². The fourth-order valence-corrected chi connectivity index (χ4v) is 6.00. The average molecular weight is 615 g/mol. The van der Waals surface area contributed by atoms with Crippen molar-refractivity contribution in [2.24, 2.45) is 0 Å². The first-order chi connectivity index (χ1) is 21.0. The van der Waals surface area contributed by atoms with Crippen molar-refractivity contribution in [2.75, 3.05) is 26.8 Å². The number of hydrogen-bond donors (Lipinski definition) is 0. The molecule has 220 valence electrons. The lowest BCUT2D eigenvalue weighted by molar-refractivity contribution is -0.189. The van der Waals surface area contributed by atoms with Gasteiger partial charge < -0.3 is 18.8 Å². The van der Waals surface area contributed by atoms with Crippen molar-refractivity contribution < 1.29 is 14.2 Å². The molecule has 1 fully saturated rings. The van der Waals surface area contributed by atoms with Crippen molar-refractivity contribution >= 4 is 40.1 Å². The standard InChI is InChI=1S/C35H33Cl2N3O3/c1-39(18-7-10-26-8-3-2-4-9-26)21-27-13-16-34(31-12-6-5-11-30(27)31)41-22-29-23-42-35(43-29,24-40-19-17-38-25-40)32-15-14-28(36)20-33(32)37/h2-17,19-20,25,29H,18,21-24H2,1H3/b10-7+/t29-,35-/m1/s1. The molecule has 8 heteroatoms. The Morgan fingerprint density at radius 1 is 1.02 bits per heavy atom. The van der Waals surface area contributed by atoms with Crippen molar-refractivity contribution in [3.05, 3.63) is 136 Å². The Balaban J connectivity index is 1.15. The van der Waals surface area contributed by atoms with E-state index in [2.05, 4.69) is 83.7 Å². The number of aromatic nitrogens is 2. The minimum atomic E-state index is -1.10. The predicted molar refractivity (Wildman–Crippen MR) is 172 cm³/mol. The molecule has 0 aliphatic carbocycles. The molecule has 5 aromatic rings. The first-order valence-corrected chi connectivity index (χ1v) is 15.0. The van der Waals surface area contributed by atoms with Gasteiger partial charge in [-0.25, -0.2) is 4.98 Å². The zero-order valence-corrected chi connectivity index (χ0v) is 25.4. The van der Waals surface area contributed by atoms with E-state index in [1.165, 1.54) is 16.5 Å². The minimum absolute atomic E-state index is 0.309. The fraction of sp³-hybridized carbons (Fsp3) is 0.229. The number of ether oxygens (including phenoxy) is 3. The van der Waals surface area contributed by atoms with Crippen LogP contribution in [-0.2, 0) is 28.4 Å². The third kappa shape index (κ3) is 6.96. The monoisotopic (exact) mass is 613 g/mol. The molecular formula is C35H33Cl2N3O3. The van der Waals surface area contributed by atoms with Crippen LogP contribution in [0.1, 0.15) is 16.7 Å². The molecule has 0 N–H and O–H groups in total. The van der Waals surface area contributed by atoms with Gasteiger partial charge in [0.05, 0.1) is 24.5 Å². The molecule has 1 aliphatic heterocycles. The van der Waals surface area contributed by atoms with Crippen LogP contribution in [-0.4, -0.2) is 47.4 Å². The Morgan fingerprint density at radius 3 is 2.63 bits per heavy atom. The highest BCUT2D eigenvalue weighted by Crippen LogP contribution is 2.41. The summed E-state index contributed by atoms with van der Waals surface area (Å²) in [5.41, 5.74) is 3.16. The zero-order valence-electron chi connectivity index (χ0n) is 23.9. The van der Waals surface area contributed by atoms with E-state index in [1.807, 2.05) is 29.0 Å². The van der Waals surface area contributed by atoms with Gasteiger partial charge in [0, 0.05) is 41.5 Å². The number of likely N-dealkylation sites (N-methyl/N-ethyl adjacent to an activating group) is 1. The highest BCUT2D eigenvalue weighted by molar-refractivity contribution is 6.35. The van der Waals surface area contributed by atoms with Gasteiger partial charge in [-0.1, -0.05) is 102 Å². The van der Waals surface area contributed by atoms with Crippen LogP contribution in [0.25, 0.3) is 16.8 Å². The maximum atomic E-state index is 6.62. The van der Waals surface area contributed by atoms with Gasteiger partial charge in [-0.2, -0.15) is 0 Å². The first-order valence-electron chi connectivity index (χ1n) is 14.3. The number of fused-ring (bicyclic) bond motifs is 1. The lowest BCUT2D eigenvalue weighted by Crippen LogP contribution is -2.34. The SMILES string of the molecule is CN(C/C=C/c1ccccc1)Cc1ccc(OC[C@@H]2CO[C@@](Cn3ccnc3)(c3ccc(Cl)cc3Cl)O2)c2ccccc12. The second-order valence-corrected chi connectivity index (χ2v) is 11.6. The van der Waals surface area contributed by atoms with Crippen LogP contribution < -0.4 is 4.74 Å². The van der Waals surface area contributed by atoms with Gasteiger partial charge >= 0.3 is 0 Å². The third-order valence-corrected chi connectivity index (χ3v) is 8.06. The summed E-state index contributed by atoms with van der Waals surface area (Å²) in [6.45, 7) is 2.73. The third-order valence-electron chi connectivity index (χ3n) is 7.52. The summed E-state index contributed by atoms with van der Waals surface area (Å²) >= 11 is 12.8. The van der Waals surface area contributed by atoms with E-state index in [0.717, 1.165) is 24.2 Å². The van der Waals surface area contributed by atoms with E-state index in [0.29, 0.717) is 35.4 Å². The highest BCUT2D eigenvalue weighted by atomic mass is 35.5. The summed E-state index contributed by atoms with van der Waals surface area (Å²) in [6, 6.07) is 28.3. The zero-order chi connectivity index (χ0) is 29.6. The summed E-state index contributed by atoms with van der Waals surface area (Å²) in [7, 11) is 2.13. The maximum absolute atomic E-state index is 6.62. The predicted octanol–water partition coefficient (Wildman–Crippen LogP) is 7.84. The van der Waals surface area contributed by atoms with Crippen molar-refractivity contribution in [2.45, 2.75) is 25.0 Å². The van der Waals surface area contributed by atoms with Crippen LogP contribution >= 0.6 is 23.2 Å². The number of hydrogen-bond acceptors (Lipinski definition) is 5. The molecule has 0 spiro atoms. The summed E-state index contributed by atoms with van der Waals surface area (Å²) in [5, 5.41) is 3.27. The molecule has 1 saturated heterocycles. The van der Waals surface area contributed by atoms with Crippen LogP contribution in [0.15, 0.2) is 110 Å². The number of imidazole rings is 1.